The highest BCUT2D eigenvalue weighted by molar-refractivity contribution is 7.89. The summed E-state index contributed by atoms with van der Waals surface area (Å²) in [7, 11) is -3.68. The zero-order valence-corrected chi connectivity index (χ0v) is 18.2. The molecule has 1 saturated heterocycles. The number of aromatic nitrogens is 2. The maximum Gasteiger partial charge on any atom is 0.247 e. The first-order chi connectivity index (χ1) is 15.3. The van der Waals surface area contributed by atoms with Crippen molar-refractivity contribution in [2.45, 2.75) is 24.7 Å². The van der Waals surface area contributed by atoms with Crippen LogP contribution in [0.5, 0.6) is 0 Å². The molecule has 9 nitrogen and oxygen atoms in total. The van der Waals surface area contributed by atoms with E-state index in [4.69, 9.17) is 4.42 Å². The summed E-state index contributed by atoms with van der Waals surface area (Å²) in [5.41, 5.74) is 1.76. The summed E-state index contributed by atoms with van der Waals surface area (Å²) in [4.78, 5) is 24.3. The van der Waals surface area contributed by atoms with Gasteiger partial charge >= 0.3 is 0 Å². The second kappa shape index (κ2) is 9.01. The SMILES string of the molecule is CC(=O)c1ccc(S(=O)(=O)N2CCC(C(=O)Nc3cccc(-c4nnco4)c3)CC2)cc1. The summed E-state index contributed by atoms with van der Waals surface area (Å²) in [6.07, 6.45) is 2.07. The number of rotatable bonds is 6. The number of piperidine rings is 1. The first-order valence-electron chi connectivity index (χ1n) is 10.1. The van der Waals surface area contributed by atoms with Crippen LogP contribution in [-0.2, 0) is 14.8 Å². The molecule has 2 aromatic carbocycles. The molecule has 4 rings (SSSR count). The van der Waals surface area contributed by atoms with E-state index in [9.17, 15) is 18.0 Å². The number of anilines is 1. The first kappa shape index (κ1) is 21.8. The quantitative estimate of drug-likeness (QED) is 0.568. The van der Waals surface area contributed by atoms with Crippen LogP contribution in [0.25, 0.3) is 11.5 Å². The first-order valence-corrected chi connectivity index (χ1v) is 11.6. The molecule has 10 heteroatoms. The molecule has 1 aromatic heterocycles. The summed E-state index contributed by atoms with van der Waals surface area (Å²) in [6, 6.07) is 13.0. The molecular formula is C22H22N4O5S. The fraction of sp³-hybridized carbons (Fsp3) is 0.273. The molecule has 1 fully saturated rings. The van der Waals surface area contributed by atoms with Gasteiger partial charge in [0.05, 0.1) is 4.90 Å². The monoisotopic (exact) mass is 454 g/mol. The molecule has 0 atom stereocenters. The number of benzene rings is 2. The van der Waals surface area contributed by atoms with Crippen LogP contribution in [0.1, 0.15) is 30.1 Å². The second-order valence-electron chi connectivity index (χ2n) is 7.57. The summed E-state index contributed by atoms with van der Waals surface area (Å²) < 4.78 is 32.4. The summed E-state index contributed by atoms with van der Waals surface area (Å²) >= 11 is 0. The highest BCUT2D eigenvalue weighted by Crippen LogP contribution is 2.26. The minimum absolute atomic E-state index is 0.122. The van der Waals surface area contributed by atoms with Gasteiger partial charge in [0, 0.05) is 35.8 Å². The molecule has 0 bridgehead atoms. The van der Waals surface area contributed by atoms with Gasteiger partial charge in [0.15, 0.2) is 5.78 Å². The number of carbonyl (C=O) groups is 2. The van der Waals surface area contributed by atoms with Gasteiger partial charge in [0.2, 0.25) is 28.2 Å². The molecule has 3 aromatic rings. The van der Waals surface area contributed by atoms with E-state index in [1.165, 1.54) is 41.9 Å². The van der Waals surface area contributed by atoms with Crippen LogP contribution >= 0.6 is 0 Å². The van der Waals surface area contributed by atoms with Gasteiger partial charge in [-0.2, -0.15) is 4.31 Å². The summed E-state index contributed by atoms with van der Waals surface area (Å²) in [6.45, 7) is 1.93. The highest BCUT2D eigenvalue weighted by atomic mass is 32.2. The lowest BCUT2D eigenvalue weighted by molar-refractivity contribution is -0.120. The van der Waals surface area contributed by atoms with Gasteiger partial charge in [-0.25, -0.2) is 8.42 Å². The lowest BCUT2D eigenvalue weighted by Crippen LogP contribution is -2.41. The zero-order valence-electron chi connectivity index (χ0n) is 17.4. The Balaban J connectivity index is 1.37. The Kier molecular flexibility index (Phi) is 6.15. The zero-order chi connectivity index (χ0) is 22.7. The topological polar surface area (TPSA) is 122 Å². The number of amides is 1. The molecule has 2 heterocycles. The van der Waals surface area contributed by atoms with Gasteiger partial charge in [0.25, 0.3) is 0 Å². The van der Waals surface area contributed by atoms with Crippen LogP contribution in [0, 0.1) is 5.92 Å². The number of nitrogens with one attached hydrogen (secondary N) is 1. The van der Waals surface area contributed by atoms with Crippen molar-refractivity contribution in [3.05, 3.63) is 60.5 Å². The van der Waals surface area contributed by atoms with Crippen molar-refractivity contribution in [3.8, 4) is 11.5 Å². The van der Waals surface area contributed by atoms with Crippen LogP contribution in [0.2, 0.25) is 0 Å². The van der Waals surface area contributed by atoms with E-state index in [0.29, 0.717) is 35.5 Å². The van der Waals surface area contributed by atoms with Gasteiger partial charge in [0.1, 0.15) is 0 Å². The standard InChI is InChI=1S/C22H22N4O5S/c1-15(27)16-5-7-20(8-6-16)32(29,30)26-11-9-17(10-12-26)21(28)24-19-4-2-3-18(13-19)22-25-23-14-31-22/h2-8,13-14,17H,9-12H2,1H3,(H,24,28). The van der Waals surface area contributed by atoms with Crippen molar-refractivity contribution in [2.75, 3.05) is 18.4 Å². The molecular weight excluding hydrogens is 432 g/mol. The number of sulfonamides is 1. The smallest absolute Gasteiger partial charge is 0.247 e. The third-order valence-corrected chi connectivity index (χ3v) is 7.37. The number of ketones is 1. The van der Waals surface area contributed by atoms with Crippen LogP contribution in [0.3, 0.4) is 0 Å². The Morgan fingerprint density at radius 3 is 2.44 bits per heavy atom. The van der Waals surface area contributed by atoms with Gasteiger partial charge in [-0.15, -0.1) is 10.2 Å². The van der Waals surface area contributed by atoms with Crippen LogP contribution in [0.15, 0.2) is 64.2 Å². The van der Waals surface area contributed by atoms with Crippen LogP contribution < -0.4 is 5.32 Å². The van der Waals surface area contributed by atoms with Gasteiger partial charge in [-0.05, 0) is 50.1 Å². The van der Waals surface area contributed by atoms with E-state index in [0.717, 1.165) is 0 Å². The molecule has 1 amide bonds. The molecule has 1 aliphatic rings. The molecule has 0 radical (unpaired) electrons. The molecule has 1 aliphatic heterocycles. The Morgan fingerprint density at radius 1 is 1.09 bits per heavy atom. The molecule has 1 N–H and O–H groups in total. The fourth-order valence-corrected chi connectivity index (χ4v) is 5.11. The van der Waals surface area contributed by atoms with Gasteiger partial charge < -0.3 is 9.73 Å². The third-order valence-electron chi connectivity index (χ3n) is 5.46. The average molecular weight is 455 g/mol. The Morgan fingerprint density at radius 2 is 1.81 bits per heavy atom. The van der Waals surface area contributed by atoms with E-state index >= 15 is 0 Å². The van der Waals surface area contributed by atoms with Gasteiger partial charge in [-0.3, -0.25) is 9.59 Å². The van der Waals surface area contributed by atoms with E-state index in [1.807, 2.05) is 0 Å². The summed E-state index contributed by atoms with van der Waals surface area (Å²) in [5, 5.41) is 10.4. The van der Waals surface area contributed by atoms with Crippen molar-refractivity contribution < 1.29 is 22.4 Å². The number of Topliss-reactive ketones (excluding diaryl/α,β-unsaturated/α-hetero) is 1. The van der Waals surface area contributed by atoms with E-state index in [-0.39, 0.29) is 35.6 Å². The lowest BCUT2D eigenvalue weighted by Gasteiger charge is -2.30. The van der Waals surface area contributed by atoms with Crippen molar-refractivity contribution in [2.24, 2.45) is 5.92 Å². The molecule has 0 spiro atoms. The van der Waals surface area contributed by atoms with E-state index in [1.54, 1.807) is 24.3 Å². The summed E-state index contributed by atoms with van der Waals surface area (Å²) in [5.74, 6) is -0.219. The van der Waals surface area contributed by atoms with Crippen LogP contribution in [0.4, 0.5) is 5.69 Å². The number of nitrogens with zero attached hydrogens (tertiary/aromatic N) is 3. The maximum absolute atomic E-state index is 12.9. The number of hydrogen-bond acceptors (Lipinski definition) is 7. The average Bonchev–Trinajstić information content (AvgIpc) is 3.34. The number of hydrogen-bond donors (Lipinski definition) is 1. The number of carbonyl (C=O) groups excluding carboxylic acids is 2. The Hall–Kier alpha value is -3.37. The Labute approximate surface area is 185 Å². The second-order valence-corrected chi connectivity index (χ2v) is 9.51. The molecule has 0 unspecified atom stereocenters. The van der Waals surface area contributed by atoms with Gasteiger partial charge in [-0.1, -0.05) is 18.2 Å². The highest BCUT2D eigenvalue weighted by Gasteiger charge is 2.32. The maximum atomic E-state index is 12.9. The molecule has 0 saturated carbocycles. The minimum Gasteiger partial charge on any atom is -0.423 e. The molecule has 0 aliphatic carbocycles. The molecule has 166 valence electrons. The van der Waals surface area contributed by atoms with Crippen molar-refractivity contribution in [1.82, 2.24) is 14.5 Å². The lowest BCUT2D eigenvalue weighted by atomic mass is 9.97. The van der Waals surface area contributed by atoms with Crippen molar-refractivity contribution in [3.63, 3.8) is 0 Å². The van der Waals surface area contributed by atoms with Crippen molar-refractivity contribution in [1.29, 1.82) is 0 Å². The normalized spacial score (nSPS) is 15.4. The third kappa shape index (κ3) is 4.61. The van der Waals surface area contributed by atoms with E-state index in [2.05, 4.69) is 15.5 Å². The predicted octanol–water partition coefficient (Wildman–Crippen LogP) is 2.98. The molecule has 32 heavy (non-hydrogen) atoms. The Bertz CT molecular complexity index is 1220. The van der Waals surface area contributed by atoms with Crippen LogP contribution in [-0.4, -0.2) is 47.7 Å². The minimum atomic E-state index is -3.68. The largest absolute Gasteiger partial charge is 0.423 e. The van der Waals surface area contributed by atoms with E-state index < -0.39 is 10.0 Å². The van der Waals surface area contributed by atoms with Crippen molar-refractivity contribution >= 4 is 27.4 Å². The fourth-order valence-electron chi connectivity index (χ4n) is 3.64. The predicted molar refractivity (Wildman–Crippen MR) is 116 cm³/mol.